The minimum atomic E-state index is -0.677. The van der Waals surface area contributed by atoms with Crippen LogP contribution in [0.5, 0.6) is 0 Å². The maximum absolute atomic E-state index is 12.3. The average molecular weight is 353 g/mol. The number of allylic oxidation sites excluding steroid dienone is 1. The molecule has 0 amide bonds. The van der Waals surface area contributed by atoms with Crippen LogP contribution in [0.1, 0.15) is 27.6 Å². The standard InChI is InChI=1S/C20H19NO5/c1-3-26-19(23)15-9-11-16(12-10-15)21-17(20(24)25-2)13-18(22)14-7-5-4-6-8-14/h4-13,21H,3H2,1-2H3. The van der Waals surface area contributed by atoms with Gasteiger partial charge in [0.25, 0.3) is 0 Å². The first-order valence-corrected chi connectivity index (χ1v) is 7.98. The highest BCUT2D eigenvalue weighted by Crippen LogP contribution is 2.14. The molecule has 0 heterocycles. The number of anilines is 1. The molecule has 0 saturated heterocycles. The van der Waals surface area contributed by atoms with Gasteiger partial charge < -0.3 is 14.8 Å². The molecule has 6 nitrogen and oxygen atoms in total. The Kier molecular flexibility index (Phi) is 6.68. The number of hydrogen-bond acceptors (Lipinski definition) is 6. The predicted molar refractivity (Wildman–Crippen MR) is 96.9 cm³/mol. The Morgan fingerprint density at radius 3 is 2.19 bits per heavy atom. The summed E-state index contributed by atoms with van der Waals surface area (Å²) in [5, 5.41) is 2.84. The third-order valence-electron chi connectivity index (χ3n) is 3.41. The van der Waals surface area contributed by atoms with Crippen molar-refractivity contribution in [1.29, 1.82) is 0 Å². The van der Waals surface area contributed by atoms with Crippen LogP contribution >= 0.6 is 0 Å². The van der Waals surface area contributed by atoms with E-state index >= 15 is 0 Å². The molecule has 0 fully saturated rings. The summed E-state index contributed by atoms with van der Waals surface area (Å²) in [5.74, 6) is -1.44. The van der Waals surface area contributed by atoms with Crippen molar-refractivity contribution in [3.63, 3.8) is 0 Å². The van der Waals surface area contributed by atoms with Crippen LogP contribution in [0.4, 0.5) is 5.69 Å². The molecule has 26 heavy (non-hydrogen) atoms. The van der Waals surface area contributed by atoms with Gasteiger partial charge in [-0.3, -0.25) is 4.79 Å². The lowest BCUT2D eigenvalue weighted by Gasteiger charge is -2.10. The summed E-state index contributed by atoms with van der Waals surface area (Å²) < 4.78 is 9.64. The maximum atomic E-state index is 12.3. The zero-order valence-electron chi connectivity index (χ0n) is 14.5. The summed E-state index contributed by atoms with van der Waals surface area (Å²) in [6, 6.07) is 14.9. The Morgan fingerprint density at radius 1 is 0.962 bits per heavy atom. The highest BCUT2D eigenvalue weighted by Gasteiger charge is 2.14. The van der Waals surface area contributed by atoms with Crippen molar-refractivity contribution in [2.45, 2.75) is 6.92 Å². The first-order chi connectivity index (χ1) is 12.5. The number of ether oxygens (including phenoxy) is 2. The van der Waals surface area contributed by atoms with Crippen LogP contribution in [-0.2, 0) is 14.3 Å². The fourth-order valence-corrected chi connectivity index (χ4v) is 2.13. The first-order valence-electron chi connectivity index (χ1n) is 7.98. The van der Waals surface area contributed by atoms with E-state index in [1.54, 1.807) is 61.5 Å². The van der Waals surface area contributed by atoms with E-state index in [2.05, 4.69) is 5.32 Å². The van der Waals surface area contributed by atoms with Gasteiger partial charge in [0.2, 0.25) is 0 Å². The molecule has 0 radical (unpaired) electrons. The van der Waals surface area contributed by atoms with Crippen LogP contribution in [-0.4, -0.2) is 31.4 Å². The SMILES string of the molecule is CCOC(=O)c1ccc(NC(=CC(=O)c2ccccc2)C(=O)OC)cc1. The van der Waals surface area contributed by atoms with Gasteiger partial charge >= 0.3 is 11.9 Å². The molecular weight excluding hydrogens is 334 g/mol. The molecule has 134 valence electrons. The van der Waals surface area contributed by atoms with Gasteiger partial charge in [0.05, 0.1) is 19.3 Å². The van der Waals surface area contributed by atoms with Crippen LogP contribution in [0.25, 0.3) is 0 Å². The molecule has 2 aromatic carbocycles. The lowest BCUT2D eigenvalue weighted by molar-refractivity contribution is -0.135. The maximum Gasteiger partial charge on any atom is 0.354 e. The van der Waals surface area contributed by atoms with E-state index in [1.807, 2.05) is 0 Å². The summed E-state index contributed by atoms with van der Waals surface area (Å²) in [6.07, 6.45) is 1.18. The lowest BCUT2D eigenvalue weighted by Crippen LogP contribution is -2.15. The number of rotatable bonds is 7. The Balaban J connectivity index is 2.20. The molecule has 0 saturated carbocycles. The summed E-state index contributed by atoms with van der Waals surface area (Å²) in [5.41, 5.74) is 1.36. The van der Waals surface area contributed by atoms with Crippen molar-refractivity contribution >= 4 is 23.4 Å². The zero-order chi connectivity index (χ0) is 18.9. The summed E-state index contributed by atoms with van der Waals surface area (Å²) in [6.45, 7) is 2.01. The number of carbonyl (C=O) groups is 3. The number of ketones is 1. The molecular formula is C20H19NO5. The highest BCUT2D eigenvalue weighted by molar-refractivity contribution is 6.09. The molecule has 1 N–H and O–H groups in total. The second-order valence-electron chi connectivity index (χ2n) is 5.20. The molecule has 2 rings (SSSR count). The van der Waals surface area contributed by atoms with E-state index in [0.717, 1.165) is 0 Å². The van der Waals surface area contributed by atoms with Gasteiger partial charge in [0.1, 0.15) is 5.70 Å². The van der Waals surface area contributed by atoms with Crippen molar-refractivity contribution < 1.29 is 23.9 Å². The molecule has 0 aliphatic rings. The first kappa shape index (κ1) is 18.9. The summed E-state index contributed by atoms with van der Waals surface area (Å²) in [4.78, 5) is 35.9. The van der Waals surface area contributed by atoms with E-state index in [1.165, 1.54) is 13.2 Å². The number of methoxy groups -OCH3 is 1. The lowest BCUT2D eigenvalue weighted by atomic mass is 10.1. The smallest absolute Gasteiger partial charge is 0.354 e. The molecule has 6 heteroatoms. The van der Waals surface area contributed by atoms with Crippen LogP contribution in [0.3, 0.4) is 0 Å². The molecule has 0 bridgehead atoms. The third-order valence-corrected chi connectivity index (χ3v) is 3.41. The molecule has 0 aliphatic carbocycles. The van der Waals surface area contributed by atoms with Gasteiger partial charge in [-0.1, -0.05) is 30.3 Å². The number of carbonyl (C=O) groups excluding carboxylic acids is 3. The van der Waals surface area contributed by atoms with Gasteiger partial charge in [0.15, 0.2) is 5.78 Å². The zero-order valence-corrected chi connectivity index (χ0v) is 14.5. The molecule has 0 unspecified atom stereocenters. The van der Waals surface area contributed by atoms with E-state index in [0.29, 0.717) is 16.8 Å². The van der Waals surface area contributed by atoms with Gasteiger partial charge in [-0.15, -0.1) is 0 Å². The van der Waals surface area contributed by atoms with Crippen LogP contribution in [0, 0.1) is 0 Å². The normalized spacial score (nSPS) is 10.8. The van der Waals surface area contributed by atoms with Gasteiger partial charge in [-0.05, 0) is 31.2 Å². The summed E-state index contributed by atoms with van der Waals surface area (Å²) >= 11 is 0. The third kappa shape index (κ3) is 5.04. The van der Waals surface area contributed by atoms with Gasteiger partial charge in [0, 0.05) is 17.3 Å². The van der Waals surface area contributed by atoms with Gasteiger partial charge in [-0.2, -0.15) is 0 Å². The Hall–Kier alpha value is -3.41. The molecule has 2 aromatic rings. The molecule has 0 atom stereocenters. The van der Waals surface area contributed by atoms with Gasteiger partial charge in [-0.25, -0.2) is 9.59 Å². The van der Waals surface area contributed by atoms with E-state index in [4.69, 9.17) is 9.47 Å². The highest BCUT2D eigenvalue weighted by atomic mass is 16.5. The Bertz CT molecular complexity index is 810. The fraction of sp³-hybridized carbons (Fsp3) is 0.150. The molecule has 0 spiro atoms. The number of nitrogens with one attached hydrogen (secondary N) is 1. The van der Waals surface area contributed by atoms with E-state index in [-0.39, 0.29) is 18.1 Å². The second kappa shape index (κ2) is 9.17. The Morgan fingerprint density at radius 2 is 1.62 bits per heavy atom. The van der Waals surface area contributed by atoms with Crippen LogP contribution < -0.4 is 5.32 Å². The topological polar surface area (TPSA) is 81.7 Å². The van der Waals surface area contributed by atoms with Crippen molar-refractivity contribution in [2.75, 3.05) is 19.0 Å². The molecule has 0 aliphatic heterocycles. The second-order valence-corrected chi connectivity index (χ2v) is 5.20. The van der Waals surface area contributed by atoms with Crippen LogP contribution in [0.2, 0.25) is 0 Å². The fourth-order valence-electron chi connectivity index (χ4n) is 2.13. The number of esters is 2. The van der Waals surface area contributed by atoms with E-state index < -0.39 is 11.9 Å². The van der Waals surface area contributed by atoms with E-state index in [9.17, 15) is 14.4 Å². The monoisotopic (exact) mass is 353 g/mol. The van der Waals surface area contributed by atoms with Crippen molar-refractivity contribution in [3.05, 3.63) is 77.5 Å². The average Bonchev–Trinajstić information content (AvgIpc) is 2.68. The Labute approximate surface area is 151 Å². The number of benzene rings is 2. The quantitative estimate of drug-likeness (QED) is 0.468. The van der Waals surface area contributed by atoms with Crippen LogP contribution in [0.15, 0.2) is 66.4 Å². The van der Waals surface area contributed by atoms with Crippen molar-refractivity contribution in [3.8, 4) is 0 Å². The number of hydrogen-bond donors (Lipinski definition) is 1. The van der Waals surface area contributed by atoms with Crippen molar-refractivity contribution in [1.82, 2.24) is 0 Å². The molecule has 0 aromatic heterocycles. The minimum absolute atomic E-state index is 0.00904. The van der Waals surface area contributed by atoms with Crippen molar-refractivity contribution in [2.24, 2.45) is 0 Å². The largest absolute Gasteiger partial charge is 0.464 e. The minimum Gasteiger partial charge on any atom is -0.464 e. The summed E-state index contributed by atoms with van der Waals surface area (Å²) in [7, 11) is 1.23. The predicted octanol–water partition coefficient (Wildman–Crippen LogP) is 3.22.